The Kier molecular flexibility index (Phi) is 4.27. The summed E-state index contributed by atoms with van der Waals surface area (Å²) < 4.78 is 0. The molecule has 0 amide bonds. The molecule has 0 radical (unpaired) electrons. The third-order valence-electron chi connectivity index (χ3n) is 4.70. The molecule has 3 N–H and O–H groups in total. The number of aromatic nitrogens is 2. The molecule has 0 saturated heterocycles. The van der Waals surface area contributed by atoms with E-state index < -0.39 is 5.60 Å². The molecule has 1 atom stereocenters. The van der Waals surface area contributed by atoms with E-state index in [-0.39, 0.29) is 5.95 Å². The third-order valence-corrected chi connectivity index (χ3v) is 4.70. The second-order valence-electron chi connectivity index (χ2n) is 6.71. The van der Waals surface area contributed by atoms with Crippen LogP contribution in [0.5, 0.6) is 0 Å². The van der Waals surface area contributed by atoms with Crippen molar-refractivity contribution in [3.63, 3.8) is 0 Å². The van der Waals surface area contributed by atoms with Crippen molar-refractivity contribution in [1.82, 2.24) is 9.97 Å². The zero-order valence-corrected chi connectivity index (χ0v) is 15.1. The van der Waals surface area contributed by atoms with E-state index in [2.05, 4.69) is 32.8 Å². The molecule has 3 aromatic rings. The van der Waals surface area contributed by atoms with E-state index in [1.165, 1.54) is 5.56 Å². The topological polar surface area (TPSA) is 75.3 Å². The number of benzene rings is 2. The van der Waals surface area contributed by atoms with Crippen molar-refractivity contribution in [3.8, 4) is 11.8 Å². The van der Waals surface area contributed by atoms with Gasteiger partial charge in [-0.15, -0.1) is 0 Å². The molecule has 2 heterocycles. The Labute approximate surface area is 158 Å². The van der Waals surface area contributed by atoms with Crippen molar-refractivity contribution >= 4 is 17.5 Å². The number of nitrogens with zero attached hydrogens (tertiary/aromatic N) is 3. The number of fused-ring (bicyclic) bond motifs is 1. The van der Waals surface area contributed by atoms with Gasteiger partial charge in [0.25, 0.3) is 0 Å². The van der Waals surface area contributed by atoms with E-state index in [1.807, 2.05) is 48.5 Å². The smallest absolute Gasteiger partial charge is 0.221 e. The highest BCUT2D eigenvalue weighted by Gasteiger charge is 2.22. The maximum atomic E-state index is 10.7. The first-order chi connectivity index (χ1) is 13.0. The molecule has 5 nitrogen and oxygen atoms in total. The molecule has 27 heavy (non-hydrogen) atoms. The third kappa shape index (κ3) is 3.48. The van der Waals surface area contributed by atoms with Crippen LogP contribution in [0.3, 0.4) is 0 Å². The van der Waals surface area contributed by atoms with Crippen LogP contribution in [-0.4, -0.2) is 21.6 Å². The first kappa shape index (κ1) is 17.1. The molecular formula is C22H20N4O. The lowest BCUT2D eigenvalue weighted by Crippen LogP contribution is -2.18. The Morgan fingerprint density at radius 1 is 1.15 bits per heavy atom. The lowest BCUT2D eigenvalue weighted by atomic mass is 9.96. The van der Waals surface area contributed by atoms with Gasteiger partial charge in [0, 0.05) is 24.0 Å². The molecular weight excluding hydrogens is 336 g/mol. The number of hydrogen-bond donors (Lipinski definition) is 2. The molecule has 1 aromatic heterocycles. The summed E-state index contributed by atoms with van der Waals surface area (Å²) in [5.74, 6) is 7.14. The highest BCUT2D eigenvalue weighted by Crippen LogP contribution is 2.34. The van der Waals surface area contributed by atoms with Crippen LogP contribution in [0.25, 0.3) is 0 Å². The molecule has 0 spiro atoms. The van der Waals surface area contributed by atoms with Crippen LogP contribution in [0.4, 0.5) is 17.5 Å². The molecule has 5 heteroatoms. The Balaban J connectivity index is 1.65. The Bertz CT molecular complexity index is 1030. The minimum Gasteiger partial charge on any atom is -0.374 e. The average molecular weight is 356 g/mol. The summed E-state index contributed by atoms with van der Waals surface area (Å²) in [5, 5.41) is 10.7. The van der Waals surface area contributed by atoms with Crippen molar-refractivity contribution in [2.45, 2.75) is 18.9 Å². The van der Waals surface area contributed by atoms with Crippen molar-refractivity contribution < 1.29 is 5.11 Å². The largest absolute Gasteiger partial charge is 0.374 e. The van der Waals surface area contributed by atoms with Gasteiger partial charge < -0.3 is 15.7 Å². The fourth-order valence-corrected chi connectivity index (χ4v) is 3.24. The lowest BCUT2D eigenvalue weighted by Gasteiger charge is -2.18. The number of aliphatic hydroxyl groups is 1. The lowest BCUT2D eigenvalue weighted by molar-refractivity contribution is 0.122. The van der Waals surface area contributed by atoms with Gasteiger partial charge in [-0.05, 0) is 42.7 Å². The quantitative estimate of drug-likeness (QED) is 0.691. The van der Waals surface area contributed by atoms with Crippen LogP contribution in [0.15, 0.2) is 60.8 Å². The van der Waals surface area contributed by atoms with E-state index >= 15 is 0 Å². The van der Waals surface area contributed by atoms with Gasteiger partial charge in [0.15, 0.2) is 0 Å². The molecule has 0 saturated carbocycles. The highest BCUT2D eigenvalue weighted by molar-refractivity contribution is 5.69. The predicted octanol–water partition coefficient (Wildman–Crippen LogP) is 3.01. The molecule has 1 aliphatic rings. The molecule has 2 aromatic carbocycles. The summed E-state index contributed by atoms with van der Waals surface area (Å²) in [7, 11) is 0. The van der Waals surface area contributed by atoms with Gasteiger partial charge in [0.1, 0.15) is 11.4 Å². The molecule has 0 aliphatic carbocycles. The monoisotopic (exact) mass is 356 g/mol. The fourth-order valence-electron chi connectivity index (χ4n) is 3.24. The summed E-state index contributed by atoms with van der Waals surface area (Å²) in [6.45, 7) is 2.54. The van der Waals surface area contributed by atoms with Crippen LogP contribution < -0.4 is 10.6 Å². The Morgan fingerprint density at radius 2 is 1.96 bits per heavy atom. The average Bonchev–Trinajstić information content (AvgIpc) is 3.10. The summed E-state index contributed by atoms with van der Waals surface area (Å²) in [6.07, 6.45) is 2.60. The van der Waals surface area contributed by atoms with Gasteiger partial charge >= 0.3 is 0 Å². The summed E-state index contributed by atoms with van der Waals surface area (Å²) in [6, 6.07) is 17.4. The van der Waals surface area contributed by atoms with Gasteiger partial charge in [-0.1, -0.05) is 48.2 Å². The molecule has 0 fully saturated rings. The molecule has 1 unspecified atom stereocenters. The number of rotatable bonds is 2. The minimum absolute atomic E-state index is 0.260. The summed E-state index contributed by atoms with van der Waals surface area (Å²) in [4.78, 5) is 10.4. The van der Waals surface area contributed by atoms with Gasteiger partial charge in [-0.3, -0.25) is 0 Å². The molecule has 134 valence electrons. The SMILES string of the molecule is CC(O)(C#Cc1ccc2c(c1)N(c1ccnc(N)n1)CC2)c1ccccc1. The van der Waals surface area contributed by atoms with Crippen molar-refractivity contribution in [1.29, 1.82) is 0 Å². The Morgan fingerprint density at radius 3 is 2.74 bits per heavy atom. The number of nitrogens with two attached hydrogens (primary N) is 1. The predicted molar refractivity (Wildman–Crippen MR) is 106 cm³/mol. The number of hydrogen-bond acceptors (Lipinski definition) is 5. The minimum atomic E-state index is -1.21. The number of anilines is 3. The summed E-state index contributed by atoms with van der Waals surface area (Å²) >= 11 is 0. The van der Waals surface area contributed by atoms with Gasteiger partial charge in [-0.2, -0.15) is 4.98 Å². The van der Waals surface area contributed by atoms with Crippen LogP contribution in [-0.2, 0) is 12.0 Å². The van der Waals surface area contributed by atoms with Gasteiger partial charge in [0.05, 0.1) is 0 Å². The first-order valence-electron chi connectivity index (χ1n) is 8.83. The first-order valence-corrected chi connectivity index (χ1v) is 8.83. The maximum Gasteiger partial charge on any atom is 0.221 e. The van der Waals surface area contributed by atoms with E-state index in [9.17, 15) is 5.11 Å². The number of nitrogen functional groups attached to an aromatic ring is 1. The standard InChI is InChI=1S/C22H20N4O/c1-22(27,18-5-3-2-4-6-18)12-9-16-7-8-17-11-14-26(19(17)15-16)20-10-13-24-21(23)25-20/h2-8,10,13,15,27H,11,14H2,1H3,(H2,23,24,25). The van der Waals surface area contributed by atoms with Gasteiger partial charge in [0.2, 0.25) is 5.95 Å². The summed E-state index contributed by atoms with van der Waals surface area (Å²) in [5.41, 5.74) is 8.45. The molecule has 1 aliphatic heterocycles. The zero-order chi connectivity index (χ0) is 18.9. The molecule has 4 rings (SSSR count). The second kappa shape index (κ2) is 6.75. The van der Waals surface area contributed by atoms with E-state index in [0.717, 1.165) is 35.6 Å². The van der Waals surface area contributed by atoms with E-state index in [1.54, 1.807) is 13.1 Å². The molecule has 0 bridgehead atoms. The maximum absolute atomic E-state index is 10.7. The second-order valence-corrected chi connectivity index (χ2v) is 6.71. The van der Waals surface area contributed by atoms with Crippen LogP contribution in [0.2, 0.25) is 0 Å². The highest BCUT2D eigenvalue weighted by atomic mass is 16.3. The van der Waals surface area contributed by atoms with E-state index in [0.29, 0.717) is 0 Å². The van der Waals surface area contributed by atoms with Crippen LogP contribution in [0, 0.1) is 11.8 Å². The van der Waals surface area contributed by atoms with Crippen molar-refractivity contribution in [2.24, 2.45) is 0 Å². The van der Waals surface area contributed by atoms with Crippen molar-refractivity contribution in [3.05, 3.63) is 77.5 Å². The normalized spacial score (nSPS) is 14.8. The fraction of sp³-hybridized carbons (Fsp3) is 0.182. The van der Waals surface area contributed by atoms with Crippen LogP contribution in [0.1, 0.15) is 23.6 Å². The van der Waals surface area contributed by atoms with Crippen LogP contribution >= 0.6 is 0 Å². The van der Waals surface area contributed by atoms with Gasteiger partial charge in [-0.25, -0.2) is 4.98 Å². The zero-order valence-electron chi connectivity index (χ0n) is 15.1. The van der Waals surface area contributed by atoms with E-state index in [4.69, 9.17) is 5.73 Å². The van der Waals surface area contributed by atoms with Crippen molar-refractivity contribution in [2.75, 3.05) is 17.2 Å². The Hall–Kier alpha value is -3.36.